The molecule has 0 saturated carbocycles. The summed E-state index contributed by atoms with van der Waals surface area (Å²) in [7, 11) is 0. The summed E-state index contributed by atoms with van der Waals surface area (Å²) in [6.07, 6.45) is -9.89. The van der Waals surface area contributed by atoms with E-state index in [1.165, 1.54) is 0 Å². The topological polar surface area (TPSA) is 220 Å². The van der Waals surface area contributed by atoms with Crippen molar-refractivity contribution in [1.82, 2.24) is 0 Å². The van der Waals surface area contributed by atoms with Gasteiger partial charge in [-0.3, -0.25) is 0 Å². The second-order valence-corrected chi connectivity index (χ2v) is 10.00. The van der Waals surface area contributed by atoms with E-state index in [1.54, 1.807) is 0 Å². The molecule has 16 nitrogen and oxygen atoms in total. The number of hydrogen-bond donors (Lipinski definition) is 3. The van der Waals surface area contributed by atoms with Gasteiger partial charge in [-0.25, -0.2) is 24.0 Å². The Morgan fingerprint density at radius 2 is 1.19 bits per heavy atom. The molecule has 3 N–H and O–H groups in total. The molecule has 0 aromatic carbocycles. The summed E-state index contributed by atoms with van der Waals surface area (Å²) in [4.78, 5) is 61.1. The predicted octanol–water partition coefficient (Wildman–Crippen LogP) is -0.724. The molecular weight excluding hydrogens is 628 g/mol. The lowest BCUT2D eigenvalue weighted by Gasteiger charge is -2.46. The fourth-order valence-corrected chi connectivity index (χ4v) is 4.80. The van der Waals surface area contributed by atoms with Gasteiger partial charge in [-0.15, -0.1) is 0 Å². The summed E-state index contributed by atoms with van der Waals surface area (Å²) in [6.45, 7) is 18.1. The molecule has 2 fully saturated rings. The second-order valence-electron chi connectivity index (χ2n) is 10.00. The summed E-state index contributed by atoms with van der Waals surface area (Å²) in [5.74, 6) is -4.95. The first-order valence-corrected chi connectivity index (χ1v) is 14.0. The molecule has 2 aliphatic rings. The lowest BCUT2D eigenvalue weighted by molar-refractivity contribution is -0.259. The molecule has 0 bridgehead atoms. The zero-order chi connectivity index (χ0) is 35.3. The van der Waals surface area contributed by atoms with Crippen LogP contribution < -0.4 is 0 Å². The minimum Gasteiger partial charge on any atom is -0.460 e. The Morgan fingerprint density at radius 1 is 0.681 bits per heavy atom. The number of ether oxygens (including phenoxy) is 8. The first-order chi connectivity index (χ1) is 22.3. The molecule has 0 radical (unpaired) electrons. The van der Waals surface area contributed by atoms with E-state index in [-0.39, 0.29) is 0 Å². The summed E-state index contributed by atoms with van der Waals surface area (Å²) in [5.41, 5.74) is -2.06. The quantitative estimate of drug-likeness (QED) is 0.0540. The maximum absolute atomic E-state index is 12.4. The predicted molar refractivity (Wildman–Crippen MR) is 158 cm³/mol. The van der Waals surface area contributed by atoms with Crippen LogP contribution in [0.2, 0.25) is 0 Å². The van der Waals surface area contributed by atoms with Crippen LogP contribution in [0.5, 0.6) is 0 Å². The molecule has 2 aliphatic heterocycles. The van der Waals surface area contributed by atoms with Gasteiger partial charge in [0.15, 0.2) is 24.6 Å². The highest BCUT2D eigenvalue weighted by atomic mass is 16.7. The van der Waals surface area contributed by atoms with Crippen LogP contribution >= 0.6 is 0 Å². The van der Waals surface area contributed by atoms with Crippen LogP contribution in [0.1, 0.15) is 6.42 Å². The average molecular weight is 667 g/mol. The Labute approximate surface area is 270 Å². The molecule has 258 valence electrons. The third-order valence-electron chi connectivity index (χ3n) is 6.96. The van der Waals surface area contributed by atoms with E-state index in [2.05, 4.69) is 39.5 Å². The number of hydrogen-bond acceptors (Lipinski definition) is 16. The van der Waals surface area contributed by atoms with Gasteiger partial charge in [0, 0.05) is 36.8 Å². The minimum atomic E-state index is -2.06. The van der Waals surface area contributed by atoms with E-state index < -0.39 is 117 Å². The van der Waals surface area contributed by atoms with Gasteiger partial charge < -0.3 is 53.2 Å². The van der Waals surface area contributed by atoms with E-state index in [4.69, 9.17) is 37.9 Å². The van der Waals surface area contributed by atoms with Crippen LogP contribution in [-0.2, 0) is 61.9 Å². The fourth-order valence-electron chi connectivity index (χ4n) is 4.80. The van der Waals surface area contributed by atoms with Gasteiger partial charge in [0.05, 0.1) is 6.61 Å². The molecule has 0 amide bonds. The van der Waals surface area contributed by atoms with E-state index in [1.807, 2.05) is 0 Å². The van der Waals surface area contributed by atoms with Crippen molar-refractivity contribution in [2.24, 2.45) is 0 Å². The number of esters is 5. The average Bonchev–Trinajstić information content (AvgIpc) is 3.32. The monoisotopic (exact) mass is 666 g/mol. The maximum Gasteiger partial charge on any atom is 0.330 e. The lowest BCUT2D eigenvalue weighted by Crippen LogP contribution is -2.63. The highest BCUT2D eigenvalue weighted by Gasteiger charge is 2.61. The zero-order valence-electron chi connectivity index (χ0n) is 25.4. The van der Waals surface area contributed by atoms with E-state index in [0.29, 0.717) is 0 Å². The molecule has 10 atom stereocenters. The van der Waals surface area contributed by atoms with Crippen LogP contribution in [0.15, 0.2) is 75.9 Å². The smallest absolute Gasteiger partial charge is 0.330 e. The van der Waals surface area contributed by atoms with Crippen molar-refractivity contribution >= 4 is 29.8 Å². The molecule has 2 saturated heterocycles. The highest BCUT2D eigenvalue weighted by molar-refractivity contribution is 5.83. The van der Waals surface area contributed by atoms with Gasteiger partial charge in [0.25, 0.3) is 0 Å². The fraction of sp³-hybridized carbons (Fsp3) is 0.452. The number of aliphatic hydroxyl groups excluding tert-OH is 3. The van der Waals surface area contributed by atoms with Crippen molar-refractivity contribution in [2.75, 3.05) is 19.8 Å². The Balaban J connectivity index is 2.68. The number of aliphatic hydroxyl groups is 3. The largest absolute Gasteiger partial charge is 0.460 e. The summed E-state index contributed by atoms with van der Waals surface area (Å²) >= 11 is 0. The van der Waals surface area contributed by atoms with Crippen molar-refractivity contribution < 1.29 is 77.2 Å². The SMILES string of the molecule is C=CC(=O)OCC1OC(CC2(COC(=O)C=C)OC(COC(O)C=C)C(O)C2OC(=O)C=C)C(OC(=O)C=C)C(O)C1OC(=O)C=C. The van der Waals surface area contributed by atoms with E-state index in [0.717, 1.165) is 36.5 Å². The molecular formula is C31H38O16. The van der Waals surface area contributed by atoms with Crippen molar-refractivity contribution in [2.45, 2.75) is 67.1 Å². The molecule has 47 heavy (non-hydrogen) atoms. The Kier molecular flexibility index (Phi) is 14.9. The van der Waals surface area contributed by atoms with E-state index >= 15 is 0 Å². The van der Waals surface area contributed by atoms with Crippen LogP contribution in [-0.4, -0.2) is 126 Å². The van der Waals surface area contributed by atoms with Crippen molar-refractivity contribution in [3.63, 3.8) is 0 Å². The van der Waals surface area contributed by atoms with Gasteiger partial charge in [0.1, 0.15) is 49.3 Å². The van der Waals surface area contributed by atoms with Gasteiger partial charge in [-0.1, -0.05) is 39.5 Å². The van der Waals surface area contributed by atoms with Gasteiger partial charge >= 0.3 is 29.8 Å². The number of carbonyl (C=O) groups excluding carboxylic acids is 5. The van der Waals surface area contributed by atoms with Gasteiger partial charge in [-0.2, -0.15) is 0 Å². The molecule has 10 unspecified atom stereocenters. The Bertz CT molecular complexity index is 1230. The molecule has 16 heteroatoms. The number of carbonyl (C=O) groups is 5. The molecule has 0 aliphatic carbocycles. The van der Waals surface area contributed by atoms with Gasteiger partial charge in [-0.05, 0) is 6.08 Å². The number of rotatable bonds is 18. The first-order valence-electron chi connectivity index (χ1n) is 14.0. The first kappa shape index (κ1) is 38.7. The van der Waals surface area contributed by atoms with Crippen LogP contribution in [0.25, 0.3) is 0 Å². The van der Waals surface area contributed by atoms with Crippen molar-refractivity contribution in [1.29, 1.82) is 0 Å². The van der Waals surface area contributed by atoms with E-state index in [9.17, 15) is 39.3 Å². The third-order valence-corrected chi connectivity index (χ3v) is 6.96. The highest BCUT2D eigenvalue weighted by Crippen LogP contribution is 2.41. The second kappa shape index (κ2) is 18.0. The molecule has 0 aromatic rings. The molecule has 0 spiro atoms. The minimum absolute atomic E-state index is 0.504. The van der Waals surface area contributed by atoms with Crippen LogP contribution in [0, 0.1) is 0 Å². The normalized spacial score (nSPS) is 30.4. The lowest BCUT2D eigenvalue weighted by atomic mass is 9.83. The van der Waals surface area contributed by atoms with Gasteiger partial charge in [0.2, 0.25) is 0 Å². The molecule has 2 heterocycles. The molecule has 0 aromatic heterocycles. The van der Waals surface area contributed by atoms with Crippen molar-refractivity contribution in [3.05, 3.63) is 75.9 Å². The summed E-state index contributed by atoms with van der Waals surface area (Å²) < 4.78 is 43.8. The van der Waals surface area contributed by atoms with Crippen molar-refractivity contribution in [3.8, 4) is 0 Å². The zero-order valence-corrected chi connectivity index (χ0v) is 25.4. The summed E-state index contributed by atoms with van der Waals surface area (Å²) in [6, 6.07) is 0. The summed E-state index contributed by atoms with van der Waals surface area (Å²) in [5, 5.41) is 32.5. The van der Waals surface area contributed by atoms with Crippen LogP contribution in [0.3, 0.4) is 0 Å². The Hall–Kier alpha value is -4.45. The molecule has 2 rings (SSSR count). The maximum atomic E-state index is 12.4. The third kappa shape index (κ3) is 10.3. The van der Waals surface area contributed by atoms with Crippen LogP contribution in [0.4, 0.5) is 0 Å². The Morgan fingerprint density at radius 3 is 1.72 bits per heavy atom. The standard InChI is InChI=1S/C31H38O16/c1-7-20(32)40-14-18-26(38)30(46-25(37)12-6)31(47-18,16-42-22(34)9-3)13-17-28(44-23(35)10-4)27(39)29(45-24(36)11-5)19(43-17)15-41-21(33)8-2/h7-12,17-20,26-30,32,38-39H,1-6,13-16H2.